The van der Waals surface area contributed by atoms with Crippen LogP contribution in [0.3, 0.4) is 0 Å². The summed E-state index contributed by atoms with van der Waals surface area (Å²) in [6.45, 7) is 4.38. The molecular formula is C17H25NO4. The van der Waals surface area contributed by atoms with Gasteiger partial charge in [-0.2, -0.15) is 0 Å². The second-order valence-electron chi connectivity index (χ2n) is 5.61. The number of hydrogen-bond donors (Lipinski definition) is 2. The van der Waals surface area contributed by atoms with Gasteiger partial charge in [-0.15, -0.1) is 0 Å². The van der Waals surface area contributed by atoms with Gasteiger partial charge in [-0.05, 0) is 17.9 Å². The number of carboxylic acid groups (broad SMARTS) is 1. The lowest BCUT2D eigenvalue weighted by Gasteiger charge is -2.17. The minimum atomic E-state index is -0.883. The van der Waals surface area contributed by atoms with E-state index in [0.29, 0.717) is 12.3 Å². The van der Waals surface area contributed by atoms with Crippen LogP contribution < -0.4 is 5.32 Å². The molecule has 5 heteroatoms. The lowest BCUT2D eigenvalue weighted by atomic mass is 9.92. The topological polar surface area (TPSA) is 75.6 Å². The SMILES string of the molecule is CCCC(C)CC(CNC(=O)OCc1ccccc1)C(=O)O. The van der Waals surface area contributed by atoms with Crippen molar-refractivity contribution in [3.63, 3.8) is 0 Å². The maximum absolute atomic E-state index is 11.6. The van der Waals surface area contributed by atoms with Gasteiger partial charge in [0.15, 0.2) is 0 Å². The molecule has 2 unspecified atom stereocenters. The molecule has 0 radical (unpaired) electrons. The summed E-state index contributed by atoms with van der Waals surface area (Å²) >= 11 is 0. The lowest BCUT2D eigenvalue weighted by Crippen LogP contribution is -2.34. The average Bonchev–Trinajstić information content (AvgIpc) is 2.50. The van der Waals surface area contributed by atoms with Crippen molar-refractivity contribution in [3.8, 4) is 0 Å². The van der Waals surface area contributed by atoms with Crippen molar-refractivity contribution in [2.75, 3.05) is 6.54 Å². The first-order chi connectivity index (χ1) is 10.5. The molecule has 2 N–H and O–H groups in total. The van der Waals surface area contributed by atoms with Crippen molar-refractivity contribution < 1.29 is 19.4 Å². The molecule has 5 nitrogen and oxygen atoms in total. The third-order valence-corrected chi connectivity index (χ3v) is 3.52. The van der Waals surface area contributed by atoms with Gasteiger partial charge in [0.05, 0.1) is 5.92 Å². The van der Waals surface area contributed by atoms with Crippen LogP contribution in [0.1, 0.15) is 38.7 Å². The molecular weight excluding hydrogens is 282 g/mol. The molecule has 0 aromatic heterocycles. The van der Waals surface area contributed by atoms with Crippen molar-refractivity contribution in [1.29, 1.82) is 0 Å². The number of nitrogens with one attached hydrogen (secondary N) is 1. The van der Waals surface area contributed by atoms with Crippen LogP contribution in [0, 0.1) is 11.8 Å². The second-order valence-corrected chi connectivity index (χ2v) is 5.61. The summed E-state index contributed by atoms with van der Waals surface area (Å²) < 4.78 is 5.07. The highest BCUT2D eigenvalue weighted by Crippen LogP contribution is 2.17. The van der Waals surface area contributed by atoms with Gasteiger partial charge >= 0.3 is 12.1 Å². The minimum Gasteiger partial charge on any atom is -0.481 e. The van der Waals surface area contributed by atoms with Crippen LogP contribution in [0.15, 0.2) is 30.3 Å². The fourth-order valence-electron chi connectivity index (χ4n) is 2.35. The van der Waals surface area contributed by atoms with Crippen LogP contribution in [0.4, 0.5) is 4.79 Å². The van der Waals surface area contributed by atoms with E-state index < -0.39 is 18.0 Å². The first-order valence-corrected chi connectivity index (χ1v) is 7.70. The Hall–Kier alpha value is -2.04. The van der Waals surface area contributed by atoms with Crippen molar-refractivity contribution in [3.05, 3.63) is 35.9 Å². The summed E-state index contributed by atoms with van der Waals surface area (Å²) in [5, 5.41) is 11.8. The molecule has 0 bridgehead atoms. The van der Waals surface area contributed by atoms with Gasteiger partial charge in [0.1, 0.15) is 6.61 Å². The first-order valence-electron chi connectivity index (χ1n) is 7.70. The molecule has 22 heavy (non-hydrogen) atoms. The first kappa shape index (κ1) is 18.0. The Morgan fingerprint density at radius 3 is 2.55 bits per heavy atom. The molecule has 0 spiro atoms. The smallest absolute Gasteiger partial charge is 0.407 e. The van der Waals surface area contributed by atoms with Crippen LogP contribution in [-0.2, 0) is 16.1 Å². The van der Waals surface area contributed by atoms with E-state index in [1.165, 1.54) is 0 Å². The normalized spacial score (nSPS) is 13.2. The Labute approximate surface area is 131 Å². The number of carboxylic acids is 1. The van der Waals surface area contributed by atoms with Gasteiger partial charge in [-0.25, -0.2) is 4.79 Å². The van der Waals surface area contributed by atoms with Gasteiger partial charge in [0.25, 0.3) is 0 Å². The summed E-state index contributed by atoms with van der Waals surface area (Å²) in [5.74, 6) is -1.13. The fraction of sp³-hybridized carbons (Fsp3) is 0.529. The molecule has 1 amide bonds. The molecule has 0 heterocycles. The van der Waals surface area contributed by atoms with Gasteiger partial charge in [-0.1, -0.05) is 57.0 Å². The Kier molecular flexibility index (Phi) is 8.04. The number of ether oxygens (including phenoxy) is 1. The highest BCUT2D eigenvalue weighted by Gasteiger charge is 2.21. The Morgan fingerprint density at radius 1 is 1.27 bits per heavy atom. The molecule has 1 aromatic rings. The predicted molar refractivity (Wildman–Crippen MR) is 84.4 cm³/mol. The summed E-state index contributed by atoms with van der Waals surface area (Å²) in [5.41, 5.74) is 0.893. The van der Waals surface area contributed by atoms with Crippen LogP contribution in [-0.4, -0.2) is 23.7 Å². The zero-order valence-corrected chi connectivity index (χ0v) is 13.2. The van der Waals surface area contributed by atoms with Gasteiger partial charge in [0, 0.05) is 6.54 Å². The number of benzene rings is 1. The number of carbonyl (C=O) groups excluding carboxylic acids is 1. The van der Waals surface area contributed by atoms with Crippen LogP contribution in [0.25, 0.3) is 0 Å². The van der Waals surface area contributed by atoms with Crippen LogP contribution in [0.5, 0.6) is 0 Å². The summed E-state index contributed by atoms with van der Waals surface area (Å²) in [6, 6.07) is 9.34. The van der Waals surface area contributed by atoms with E-state index >= 15 is 0 Å². The van der Waals surface area contributed by atoms with E-state index in [4.69, 9.17) is 4.74 Å². The van der Waals surface area contributed by atoms with Crippen molar-refractivity contribution in [1.82, 2.24) is 5.32 Å². The Bertz CT molecular complexity index is 461. The van der Waals surface area contributed by atoms with Crippen molar-refractivity contribution >= 4 is 12.1 Å². The van der Waals surface area contributed by atoms with Gasteiger partial charge in [-0.3, -0.25) is 4.79 Å². The summed E-state index contributed by atoms with van der Waals surface area (Å²) in [7, 11) is 0. The number of alkyl carbamates (subject to hydrolysis) is 1. The highest BCUT2D eigenvalue weighted by atomic mass is 16.5. The third-order valence-electron chi connectivity index (χ3n) is 3.52. The van der Waals surface area contributed by atoms with E-state index in [0.717, 1.165) is 18.4 Å². The van der Waals surface area contributed by atoms with E-state index in [1.807, 2.05) is 37.3 Å². The van der Waals surface area contributed by atoms with E-state index in [-0.39, 0.29) is 13.2 Å². The zero-order chi connectivity index (χ0) is 16.4. The van der Waals surface area contributed by atoms with E-state index in [2.05, 4.69) is 12.2 Å². The quantitative estimate of drug-likeness (QED) is 0.732. The molecule has 1 aromatic carbocycles. The maximum Gasteiger partial charge on any atom is 0.407 e. The van der Waals surface area contributed by atoms with Crippen molar-refractivity contribution in [2.24, 2.45) is 11.8 Å². The molecule has 1 rings (SSSR count). The lowest BCUT2D eigenvalue weighted by molar-refractivity contribution is -0.142. The predicted octanol–water partition coefficient (Wildman–Crippen LogP) is 3.44. The zero-order valence-electron chi connectivity index (χ0n) is 13.2. The minimum absolute atomic E-state index is 0.0943. The molecule has 122 valence electrons. The second kappa shape index (κ2) is 9.82. The standard InChI is InChI=1S/C17H25NO4/c1-3-7-13(2)10-15(16(19)20)11-18-17(21)22-12-14-8-5-4-6-9-14/h4-6,8-9,13,15H,3,7,10-12H2,1-2H3,(H,18,21)(H,19,20). The Balaban J connectivity index is 2.34. The molecule has 2 atom stereocenters. The maximum atomic E-state index is 11.6. The van der Waals surface area contributed by atoms with Crippen LogP contribution >= 0.6 is 0 Å². The van der Waals surface area contributed by atoms with Gasteiger partial charge in [0.2, 0.25) is 0 Å². The average molecular weight is 307 g/mol. The molecule has 0 aliphatic carbocycles. The summed E-state index contributed by atoms with van der Waals surface area (Å²) in [6.07, 6.45) is 1.99. The van der Waals surface area contributed by atoms with E-state index in [9.17, 15) is 14.7 Å². The number of aliphatic carboxylic acids is 1. The summed E-state index contributed by atoms with van der Waals surface area (Å²) in [4.78, 5) is 22.9. The van der Waals surface area contributed by atoms with Gasteiger partial charge < -0.3 is 15.2 Å². The molecule has 0 fully saturated rings. The third kappa shape index (κ3) is 7.11. The largest absolute Gasteiger partial charge is 0.481 e. The van der Waals surface area contributed by atoms with Crippen LogP contribution in [0.2, 0.25) is 0 Å². The number of hydrogen-bond acceptors (Lipinski definition) is 3. The van der Waals surface area contributed by atoms with E-state index in [1.54, 1.807) is 0 Å². The fourth-order valence-corrected chi connectivity index (χ4v) is 2.35. The molecule has 0 aliphatic rings. The monoisotopic (exact) mass is 307 g/mol. The van der Waals surface area contributed by atoms with Crippen molar-refractivity contribution in [2.45, 2.75) is 39.7 Å². The Morgan fingerprint density at radius 2 is 1.95 bits per heavy atom. The molecule has 0 aliphatic heterocycles. The molecule has 0 saturated heterocycles. The molecule has 0 saturated carbocycles. The number of rotatable bonds is 9. The number of amides is 1. The number of carbonyl (C=O) groups is 2. The highest BCUT2D eigenvalue weighted by molar-refractivity contribution is 5.72.